The van der Waals surface area contributed by atoms with E-state index >= 15 is 0 Å². The molecular formula is C19H20FN5O3. The van der Waals surface area contributed by atoms with Gasteiger partial charge in [-0.2, -0.15) is 5.10 Å². The fourth-order valence-corrected chi connectivity index (χ4v) is 3.19. The molecule has 9 heteroatoms. The number of hydrogen-bond acceptors (Lipinski definition) is 6. The van der Waals surface area contributed by atoms with E-state index in [0.717, 1.165) is 0 Å². The Morgan fingerprint density at radius 1 is 1.36 bits per heavy atom. The first-order valence-corrected chi connectivity index (χ1v) is 8.87. The molecule has 28 heavy (non-hydrogen) atoms. The number of benzene rings is 1. The first-order valence-electron chi connectivity index (χ1n) is 8.87. The number of hydrogen-bond donors (Lipinski definition) is 3. The van der Waals surface area contributed by atoms with E-state index in [4.69, 9.17) is 4.74 Å². The van der Waals surface area contributed by atoms with Crippen LogP contribution >= 0.6 is 0 Å². The highest BCUT2D eigenvalue weighted by Crippen LogP contribution is 2.35. The molecule has 1 aliphatic rings. The van der Waals surface area contributed by atoms with Gasteiger partial charge in [0.1, 0.15) is 29.6 Å². The van der Waals surface area contributed by atoms with Crippen LogP contribution in [0.4, 0.5) is 10.2 Å². The molecule has 1 aliphatic heterocycles. The van der Waals surface area contributed by atoms with Crippen LogP contribution in [0.3, 0.4) is 0 Å². The van der Waals surface area contributed by atoms with Crippen molar-refractivity contribution in [2.24, 2.45) is 0 Å². The zero-order valence-electron chi connectivity index (χ0n) is 15.4. The number of anilines is 1. The molecule has 1 amide bonds. The predicted octanol–water partition coefficient (Wildman–Crippen LogP) is 1.91. The van der Waals surface area contributed by atoms with Crippen molar-refractivity contribution in [1.29, 1.82) is 0 Å². The lowest BCUT2D eigenvalue weighted by atomic mass is 9.91. The number of aromatic nitrogens is 3. The number of carbonyl (C=O) groups excluding carboxylic acids is 1. The number of rotatable bonds is 1. The molecule has 1 aromatic carbocycles. The SMILES string of the molecule is CC(C)(O)[C@H]1Nc2ccn3ncc(c3n2)C(=O)NCCOc2ccc(F)cc21. The molecule has 0 spiro atoms. The lowest BCUT2D eigenvalue weighted by Gasteiger charge is -2.32. The van der Waals surface area contributed by atoms with Crippen molar-refractivity contribution >= 4 is 17.4 Å². The Morgan fingerprint density at radius 3 is 2.96 bits per heavy atom. The monoisotopic (exact) mass is 385 g/mol. The van der Waals surface area contributed by atoms with Crippen LogP contribution in [0.25, 0.3) is 5.65 Å². The second-order valence-electron chi connectivity index (χ2n) is 7.16. The van der Waals surface area contributed by atoms with Crippen molar-refractivity contribution in [2.75, 3.05) is 18.5 Å². The number of ether oxygens (including phenoxy) is 1. The molecule has 0 saturated carbocycles. The van der Waals surface area contributed by atoms with E-state index in [2.05, 4.69) is 20.7 Å². The zero-order chi connectivity index (χ0) is 19.9. The second-order valence-corrected chi connectivity index (χ2v) is 7.16. The summed E-state index contributed by atoms with van der Waals surface area (Å²) in [6.07, 6.45) is 3.10. The van der Waals surface area contributed by atoms with Gasteiger partial charge in [-0.15, -0.1) is 0 Å². The van der Waals surface area contributed by atoms with Gasteiger partial charge in [0.25, 0.3) is 5.91 Å². The van der Waals surface area contributed by atoms with Crippen molar-refractivity contribution in [2.45, 2.75) is 25.5 Å². The van der Waals surface area contributed by atoms with Crippen molar-refractivity contribution in [3.05, 3.63) is 53.6 Å². The molecular weight excluding hydrogens is 365 g/mol. The van der Waals surface area contributed by atoms with Gasteiger partial charge in [-0.1, -0.05) is 0 Å². The molecule has 1 atom stereocenters. The summed E-state index contributed by atoms with van der Waals surface area (Å²) in [7, 11) is 0. The number of halogens is 1. The average Bonchev–Trinajstić information content (AvgIpc) is 3.06. The van der Waals surface area contributed by atoms with Gasteiger partial charge in [-0.25, -0.2) is 13.9 Å². The van der Waals surface area contributed by atoms with Gasteiger partial charge < -0.3 is 20.5 Å². The lowest BCUT2D eigenvalue weighted by molar-refractivity contribution is 0.0576. The summed E-state index contributed by atoms with van der Waals surface area (Å²) in [4.78, 5) is 16.9. The Balaban J connectivity index is 1.87. The number of carbonyl (C=O) groups is 1. The van der Waals surface area contributed by atoms with Crippen molar-refractivity contribution in [1.82, 2.24) is 19.9 Å². The molecule has 4 rings (SSSR count). The first kappa shape index (κ1) is 18.2. The minimum absolute atomic E-state index is 0.179. The third-order valence-corrected chi connectivity index (χ3v) is 4.54. The fourth-order valence-electron chi connectivity index (χ4n) is 3.19. The summed E-state index contributed by atoms with van der Waals surface area (Å²) in [5, 5.41) is 20.8. The van der Waals surface area contributed by atoms with Gasteiger partial charge in [-0.05, 0) is 38.1 Å². The Morgan fingerprint density at radius 2 is 2.18 bits per heavy atom. The number of aliphatic hydroxyl groups is 1. The van der Waals surface area contributed by atoms with Gasteiger partial charge in [0, 0.05) is 11.8 Å². The van der Waals surface area contributed by atoms with Gasteiger partial charge in [0.05, 0.1) is 24.4 Å². The Hall–Kier alpha value is -3.20. The van der Waals surface area contributed by atoms with Crippen LogP contribution in [0.2, 0.25) is 0 Å². The molecule has 8 nitrogen and oxygen atoms in total. The summed E-state index contributed by atoms with van der Waals surface area (Å²) in [6, 6.07) is 5.08. The van der Waals surface area contributed by atoms with Crippen LogP contribution in [0.1, 0.15) is 35.8 Å². The number of amides is 1. The Kier molecular flexibility index (Phi) is 4.38. The van der Waals surface area contributed by atoms with Crippen LogP contribution in [0.5, 0.6) is 5.75 Å². The zero-order valence-corrected chi connectivity index (χ0v) is 15.4. The van der Waals surface area contributed by atoms with Crippen LogP contribution in [0, 0.1) is 5.82 Å². The Labute approximate surface area is 160 Å². The maximum atomic E-state index is 14.0. The minimum Gasteiger partial charge on any atom is -0.491 e. The lowest BCUT2D eigenvalue weighted by Crippen LogP contribution is -2.35. The summed E-state index contributed by atoms with van der Waals surface area (Å²) in [6.45, 7) is 3.66. The second kappa shape index (κ2) is 6.75. The van der Waals surface area contributed by atoms with E-state index in [1.165, 1.54) is 28.9 Å². The third kappa shape index (κ3) is 3.36. The van der Waals surface area contributed by atoms with E-state index in [9.17, 15) is 14.3 Å². The van der Waals surface area contributed by atoms with Gasteiger partial charge in [0.15, 0.2) is 5.65 Å². The topological polar surface area (TPSA) is 101 Å². The summed E-state index contributed by atoms with van der Waals surface area (Å²) in [5.74, 6) is 0.0561. The minimum atomic E-state index is -1.27. The molecule has 3 heterocycles. The largest absolute Gasteiger partial charge is 0.491 e. The van der Waals surface area contributed by atoms with E-state index in [-0.39, 0.29) is 19.1 Å². The number of nitrogens with one attached hydrogen (secondary N) is 2. The quantitative estimate of drug-likeness (QED) is 0.592. The highest BCUT2D eigenvalue weighted by molar-refractivity contribution is 5.99. The van der Waals surface area contributed by atoms with Gasteiger partial charge in [0.2, 0.25) is 0 Å². The van der Waals surface area contributed by atoms with Gasteiger partial charge >= 0.3 is 0 Å². The summed E-state index contributed by atoms with van der Waals surface area (Å²) >= 11 is 0. The van der Waals surface area contributed by atoms with Crippen LogP contribution < -0.4 is 15.4 Å². The first-order chi connectivity index (χ1) is 13.3. The average molecular weight is 385 g/mol. The maximum Gasteiger partial charge on any atom is 0.256 e. The maximum absolute atomic E-state index is 14.0. The molecule has 0 radical (unpaired) electrons. The highest BCUT2D eigenvalue weighted by Gasteiger charge is 2.32. The van der Waals surface area contributed by atoms with E-state index in [1.54, 1.807) is 26.1 Å². The molecule has 0 aliphatic carbocycles. The summed E-state index contributed by atoms with van der Waals surface area (Å²) in [5.41, 5.74) is -0.117. The standard InChI is InChI=1S/C19H20FN5O3/c1-19(2,27)16-12-9-11(20)3-4-14(12)28-8-6-21-18(26)13-10-22-25-7-5-15(23-16)24-17(13)25/h3-5,7,9-10,16,27H,6,8H2,1-2H3,(H,21,26)(H,23,24)/t16-/m0/s1. The summed E-state index contributed by atoms with van der Waals surface area (Å²) < 4.78 is 21.3. The third-order valence-electron chi connectivity index (χ3n) is 4.54. The smallest absolute Gasteiger partial charge is 0.256 e. The predicted molar refractivity (Wildman–Crippen MR) is 99.9 cm³/mol. The van der Waals surface area contributed by atoms with Crippen molar-refractivity contribution < 1.29 is 19.0 Å². The number of fused-ring (bicyclic) bond motifs is 2. The molecule has 3 N–H and O–H groups in total. The van der Waals surface area contributed by atoms with Crippen LogP contribution in [-0.2, 0) is 0 Å². The fraction of sp³-hybridized carbons (Fsp3) is 0.316. The van der Waals surface area contributed by atoms with Crippen molar-refractivity contribution in [3.8, 4) is 5.75 Å². The van der Waals surface area contributed by atoms with Crippen molar-refractivity contribution in [3.63, 3.8) is 0 Å². The molecule has 146 valence electrons. The molecule has 0 fully saturated rings. The normalized spacial score (nSPS) is 17.6. The van der Waals surface area contributed by atoms with E-state index in [0.29, 0.717) is 28.3 Å². The molecule has 0 unspecified atom stereocenters. The molecule has 0 saturated heterocycles. The molecule has 2 aromatic heterocycles. The van der Waals surface area contributed by atoms with E-state index in [1.807, 2.05) is 0 Å². The Bertz CT molecular complexity index is 1040. The highest BCUT2D eigenvalue weighted by atomic mass is 19.1. The van der Waals surface area contributed by atoms with Gasteiger partial charge in [-0.3, -0.25) is 4.79 Å². The molecule has 3 aromatic rings. The number of nitrogens with zero attached hydrogens (tertiary/aromatic N) is 3. The van der Waals surface area contributed by atoms with Crippen LogP contribution in [0.15, 0.2) is 36.7 Å². The van der Waals surface area contributed by atoms with Crippen LogP contribution in [-0.4, -0.2) is 44.4 Å². The molecule has 2 bridgehead atoms. The van der Waals surface area contributed by atoms with E-state index < -0.39 is 17.5 Å².